The van der Waals surface area contributed by atoms with E-state index in [1.54, 1.807) is 0 Å². The van der Waals surface area contributed by atoms with E-state index in [2.05, 4.69) is 4.98 Å². The van der Waals surface area contributed by atoms with Gasteiger partial charge in [-0.05, 0) is 6.92 Å². The van der Waals surface area contributed by atoms with E-state index in [0.717, 1.165) is 17.9 Å². The Morgan fingerprint density at radius 3 is 2.62 bits per heavy atom. The molecule has 16 heavy (non-hydrogen) atoms. The summed E-state index contributed by atoms with van der Waals surface area (Å²) in [7, 11) is 1.19. The smallest absolute Gasteiger partial charge is 0.431 e. The molecule has 7 heteroatoms. The SMILES string of the molecule is Cc1c(C(F)(F)F)n(C)c2ncoc2c1=O. The second-order valence-corrected chi connectivity index (χ2v) is 3.36. The van der Waals surface area contributed by atoms with Crippen LogP contribution in [0.2, 0.25) is 0 Å². The molecule has 0 aliphatic heterocycles. The summed E-state index contributed by atoms with van der Waals surface area (Å²) >= 11 is 0. The zero-order valence-corrected chi connectivity index (χ0v) is 8.42. The minimum Gasteiger partial charge on any atom is -0.438 e. The van der Waals surface area contributed by atoms with Gasteiger partial charge in [-0.25, -0.2) is 0 Å². The van der Waals surface area contributed by atoms with Crippen LogP contribution in [0.3, 0.4) is 0 Å². The number of oxazole rings is 1. The monoisotopic (exact) mass is 232 g/mol. The highest BCUT2D eigenvalue weighted by Gasteiger charge is 2.37. The first kappa shape index (κ1) is 10.7. The molecule has 0 aliphatic carbocycles. The standard InChI is InChI=1S/C9H7F3N2O2/c1-4-5(15)6-8(13-3-16-6)14(2)7(4)9(10,11)12/h3H,1-2H3. The van der Waals surface area contributed by atoms with Crippen LogP contribution in [0.5, 0.6) is 0 Å². The van der Waals surface area contributed by atoms with Crippen molar-refractivity contribution in [2.45, 2.75) is 13.1 Å². The number of aromatic nitrogens is 2. The van der Waals surface area contributed by atoms with Crippen molar-refractivity contribution in [2.24, 2.45) is 7.05 Å². The molecule has 2 aromatic rings. The minimum absolute atomic E-state index is 0.108. The lowest BCUT2D eigenvalue weighted by molar-refractivity contribution is -0.143. The third-order valence-electron chi connectivity index (χ3n) is 2.37. The first-order valence-electron chi connectivity index (χ1n) is 4.34. The molecular weight excluding hydrogens is 225 g/mol. The summed E-state index contributed by atoms with van der Waals surface area (Å²) in [6.07, 6.45) is -3.64. The summed E-state index contributed by atoms with van der Waals surface area (Å²) in [5.74, 6) is 0. The van der Waals surface area contributed by atoms with Crippen LogP contribution in [0.1, 0.15) is 11.3 Å². The Balaban J connectivity index is 3.00. The number of rotatable bonds is 0. The molecule has 0 saturated carbocycles. The van der Waals surface area contributed by atoms with Gasteiger partial charge in [-0.1, -0.05) is 0 Å². The molecule has 0 spiro atoms. The summed E-state index contributed by atoms with van der Waals surface area (Å²) in [6.45, 7) is 1.12. The lowest BCUT2D eigenvalue weighted by Gasteiger charge is -2.14. The van der Waals surface area contributed by atoms with Crippen LogP contribution in [-0.4, -0.2) is 9.55 Å². The Morgan fingerprint density at radius 1 is 1.44 bits per heavy atom. The zero-order valence-electron chi connectivity index (χ0n) is 8.42. The van der Waals surface area contributed by atoms with E-state index in [-0.39, 0.29) is 16.8 Å². The second kappa shape index (κ2) is 3.10. The Hall–Kier alpha value is -1.79. The van der Waals surface area contributed by atoms with Crippen molar-refractivity contribution in [1.29, 1.82) is 0 Å². The van der Waals surface area contributed by atoms with Gasteiger partial charge in [-0.2, -0.15) is 18.2 Å². The third kappa shape index (κ3) is 1.31. The number of pyridine rings is 1. The molecule has 2 aromatic heterocycles. The first-order chi connectivity index (χ1) is 7.34. The van der Waals surface area contributed by atoms with E-state index in [1.165, 1.54) is 7.05 Å². The summed E-state index contributed by atoms with van der Waals surface area (Å²) in [5, 5.41) is 0. The molecule has 0 N–H and O–H groups in total. The lowest BCUT2D eigenvalue weighted by Crippen LogP contribution is -2.23. The minimum atomic E-state index is -4.59. The lowest BCUT2D eigenvalue weighted by atomic mass is 10.2. The van der Waals surface area contributed by atoms with Gasteiger partial charge in [0.25, 0.3) is 0 Å². The number of nitrogens with zero attached hydrogens (tertiary/aromatic N) is 2. The van der Waals surface area contributed by atoms with Crippen molar-refractivity contribution >= 4 is 11.2 Å². The van der Waals surface area contributed by atoms with Gasteiger partial charge in [-0.15, -0.1) is 0 Å². The number of hydrogen-bond acceptors (Lipinski definition) is 3. The van der Waals surface area contributed by atoms with E-state index in [1.807, 2.05) is 0 Å². The molecule has 0 unspecified atom stereocenters. The largest absolute Gasteiger partial charge is 0.438 e. The van der Waals surface area contributed by atoms with E-state index < -0.39 is 17.3 Å². The highest BCUT2D eigenvalue weighted by molar-refractivity contribution is 5.69. The zero-order chi connectivity index (χ0) is 12.1. The van der Waals surface area contributed by atoms with E-state index >= 15 is 0 Å². The van der Waals surface area contributed by atoms with E-state index in [9.17, 15) is 18.0 Å². The van der Waals surface area contributed by atoms with Crippen LogP contribution in [-0.2, 0) is 13.2 Å². The van der Waals surface area contributed by atoms with Crippen LogP contribution >= 0.6 is 0 Å². The summed E-state index contributed by atoms with van der Waals surface area (Å²) < 4.78 is 43.7. The third-order valence-corrected chi connectivity index (χ3v) is 2.37. The molecule has 0 saturated heterocycles. The number of halogens is 3. The molecule has 2 heterocycles. The van der Waals surface area contributed by atoms with Crippen molar-refractivity contribution in [1.82, 2.24) is 9.55 Å². The highest BCUT2D eigenvalue weighted by atomic mass is 19.4. The molecule has 0 atom stereocenters. The maximum absolute atomic E-state index is 12.7. The predicted octanol–water partition coefficient (Wildman–Crippen LogP) is 1.85. The van der Waals surface area contributed by atoms with Crippen LogP contribution in [0.25, 0.3) is 11.2 Å². The molecule has 0 aliphatic rings. The fraction of sp³-hybridized carbons (Fsp3) is 0.333. The average Bonchev–Trinajstić information content (AvgIpc) is 2.61. The van der Waals surface area contributed by atoms with Gasteiger partial charge in [0.2, 0.25) is 11.0 Å². The van der Waals surface area contributed by atoms with Crippen molar-refractivity contribution in [3.8, 4) is 0 Å². The van der Waals surface area contributed by atoms with E-state index in [4.69, 9.17) is 4.42 Å². The van der Waals surface area contributed by atoms with Crippen molar-refractivity contribution in [3.05, 3.63) is 27.9 Å². The molecule has 4 nitrogen and oxygen atoms in total. The van der Waals surface area contributed by atoms with Crippen molar-refractivity contribution in [3.63, 3.8) is 0 Å². The Bertz CT molecular complexity index is 609. The topological polar surface area (TPSA) is 48.0 Å². The molecule has 86 valence electrons. The average molecular weight is 232 g/mol. The van der Waals surface area contributed by atoms with Crippen LogP contribution in [0.15, 0.2) is 15.6 Å². The molecule has 0 amide bonds. The van der Waals surface area contributed by atoms with Crippen LogP contribution in [0, 0.1) is 6.92 Å². The van der Waals surface area contributed by atoms with Gasteiger partial charge in [-0.3, -0.25) is 4.79 Å². The van der Waals surface area contributed by atoms with Crippen molar-refractivity contribution < 1.29 is 17.6 Å². The van der Waals surface area contributed by atoms with Gasteiger partial charge in [0, 0.05) is 12.6 Å². The van der Waals surface area contributed by atoms with Gasteiger partial charge in [0.15, 0.2) is 12.0 Å². The maximum Gasteiger partial charge on any atom is 0.431 e. The molecule has 0 aromatic carbocycles. The molecule has 0 radical (unpaired) electrons. The second-order valence-electron chi connectivity index (χ2n) is 3.36. The normalized spacial score (nSPS) is 12.3. The maximum atomic E-state index is 12.7. The fourth-order valence-electron chi connectivity index (χ4n) is 1.67. The number of hydrogen-bond donors (Lipinski definition) is 0. The Labute approximate surface area is 87.3 Å². The summed E-state index contributed by atoms with van der Waals surface area (Å²) in [4.78, 5) is 15.2. The predicted molar refractivity (Wildman–Crippen MR) is 49.0 cm³/mol. The number of fused-ring (bicyclic) bond motifs is 1. The fourth-order valence-corrected chi connectivity index (χ4v) is 1.67. The van der Waals surface area contributed by atoms with Gasteiger partial charge >= 0.3 is 6.18 Å². The van der Waals surface area contributed by atoms with Crippen LogP contribution in [0.4, 0.5) is 13.2 Å². The van der Waals surface area contributed by atoms with E-state index in [0.29, 0.717) is 0 Å². The first-order valence-corrected chi connectivity index (χ1v) is 4.34. The molecule has 0 bridgehead atoms. The molecular formula is C9H7F3N2O2. The Morgan fingerprint density at radius 2 is 2.06 bits per heavy atom. The summed E-state index contributed by atoms with van der Waals surface area (Å²) in [5.41, 5.74) is -2.44. The van der Waals surface area contributed by atoms with Gasteiger partial charge in [0.1, 0.15) is 5.69 Å². The molecule has 2 rings (SSSR count). The summed E-state index contributed by atoms with van der Waals surface area (Å²) in [6, 6.07) is 0. The molecule has 0 fully saturated rings. The van der Waals surface area contributed by atoms with Crippen LogP contribution < -0.4 is 5.43 Å². The number of alkyl halides is 3. The van der Waals surface area contributed by atoms with Crippen molar-refractivity contribution in [2.75, 3.05) is 0 Å². The quantitative estimate of drug-likeness (QED) is 0.696. The van der Waals surface area contributed by atoms with Gasteiger partial charge < -0.3 is 8.98 Å². The van der Waals surface area contributed by atoms with Gasteiger partial charge in [0.05, 0.1) is 0 Å². The Kier molecular flexibility index (Phi) is 2.08. The highest BCUT2D eigenvalue weighted by Crippen LogP contribution is 2.31. The number of aryl methyl sites for hydroxylation is 1.